The second-order valence-electron chi connectivity index (χ2n) is 7.66. The van der Waals surface area contributed by atoms with Crippen LogP contribution in [-0.4, -0.2) is 58.8 Å². The summed E-state index contributed by atoms with van der Waals surface area (Å²) in [6.07, 6.45) is 0. The fourth-order valence-corrected chi connectivity index (χ4v) is 4.66. The van der Waals surface area contributed by atoms with Gasteiger partial charge in [-0.15, -0.1) is 0 Å². The van der Waals surface area contributed by atoms with Crippen molar-refractivity contribution < 1.29 is 22.7 Å². The van der Waals surface area contributed by atoms with Gasteiger partial charge in [-0.25, -0.2) is 8.42 Å². The predicted molar refractivity (Wildman–Crippen MR) is 119 cm³/mol. The first-order valence-electron chi connectivity index (χ1n) is 9.60. The third-order valence-electron chi connectivity index (χ3n) is 4.94. The van der Waals surface area contributed by atoms with Gasteiger partial charge in [0.05, 0.1) is 17.1 Å². The van der Waals surface area contributed by atoms with E-state index in [0.717, 1.165) is 15.6 Å². The zero-order valence-electron chi connectivity index (χ0n) is 18.1. The highest BCUT2D eigenvalue weighted by molar-refractivity contribution is 7.89. The molecular weight excluding hydrogens is 420 g/mol. The van der Waals surface area contributed by atoms with E-state index in [1.165, 1.54) is 13.1 Å². The number of amides is 2. The van der Waals surface area contributed by atoms with Crippen LogP contribution >= 0.6 is 0 Å². The van der Waals surface area contributed by atoms with Gasteiger partial charge in [0, 0.05) is 38.6 Å². The fourth-order valence-electron chi connectivity index (χ4n) is 3.32. The first-order valence-corrected chi connectivity index (χ1v) is 11.0. The van der Waals surface area contributed by atoms with Gasteiger partial charge >= 0.3 is 0 Å². The number of benzene rings is 2. The third kappa shape index (κ3) is 4.80. The van der Waals surface area contributed by atoms with Crippen molar-refractivity contribution in [3.05, 3.63) is 41.5 Å². The smallest absolute Gasteiger partial charge is 0.262 e. The molecular formula is C21H26N4O5S. The van der Waals surface area contributed by atoms with Crippen molar-refractivity contribution >= 4 is 38.9 Å². The number of ether oxygens (including phenoxy) is 1. The number of rotatable bonds is 6. The SMILES string of the molecule is Cc1ccc(NC(=O)CN(C)S(=O)(=O)c2cc3c(cc2C)NC(=O)CO3)cc1N(C)C. The molecule has 0 fully saturated rings. The Hall–Kier alpha value is -3.11. The van der Waals surface area contributed by atoms with Gasteiger partial charge in [-0.1, -0.05) is 6.07 Å². The van der Waals surface area contributed by atoms with Gasteiger partial charge in [-0.3, -0.25) is 9.59 Å². The number of nitrogens with zero attached hydrogens (tertiary/aromatic N) is 2. The number of anilines is 3. The zero-order valence-corrected chi connectivity index (χ0v) is 19.0. The van der Waals surface area contributed by atoms with Crippen LogP contribution in [0.4, 0.5) is 17.1 Å². The van der Waals surface area contributed by atoms with Crippen LogP contribution in [0.5, 0.6) is 5.75 Å². The summed E-state index contributed by atoms with van der Waals surface area (Å²) in [6.45, 7) is 3.05. The number of carbonyl (C=O) groups excluding carboxylic acids is 2. The highest BCUT2D eigenvalue weighted by Crippen LogP contribution is 2.33. The minimum absolute atomic E-state index is 0.0166. The summed E-state index contributed by atoms with van der Waals surface area (Å²) < 4.78 is 32.5. The lowest BCUT2D eigenvalue weighted by atomic mass is 10.1. The number of fused-ring (bicyclic) bond motifs is 1. The topological polar surface area (TPSA) is 108 Å². The Labute approximate surface area is 182 Å². The number of carbonyl (C=O) groups is 2. The maximum absolute atomic E-state index is 13.1. The molecule has 0 aromatic heterocycles. The number of sulfonamides is 1. The molecule has 10 heteroatoms. The van der Waals surface area contributed by atoms with E-state index in [1.54, 1.807) is 19.1 Å². The highest BCUT2D eigenvalue weighted by Gasteiger charge is 2.28. The third-order valence-corrected chi connectivity index (χ3v) is 6.88. The Morgan fingerprint density at radius 2 is 1.84 bits per heavy atom. The van der Waals surface area contributed by atoms with E-state index in [1.807, 2.05) is 38.1 Å². The van der Waals surface area contributed by atoms with Crippen LogP contribution in [0.3, 0.4) is 0 Å². The average molecular weight is 447 g/mol. The van der Waals surface area contributed by atoms with Gasteiger partial charge in [-0.05, 0) is 43.2 Å². The minimum atomic E-state index is -3.96. The molecule has 0 atom stereocenters. The lowest BCUT2D eigenvalue weighted by molar-refractivity contribution is -0.118. The monoisotopic (exact) mass is 446 g/mol. The van der Waals surface area contributed by atoms with Gasteiger partial charge in [0.2, 0.25) is 15.9 Å². The molecule has 1 heterocycles. The molecule has 166 valence electrons. The van der Waals surface area contributed by atoms with Crippen LogP contribution in [0.25, 0.3) is 0 Å². The molecule has 1 aliphatic rings. The van der Waals surface area contributed by atoms with E-state index in [2.05, 4.69) is 10.6 Å². The molecule has 2 N–H and O–H groups in total. The molecule has 3 rings (SSSR count). The summed E-state index contributed by atoms with van der Waals surface area (Å²) in [4.78, 5) is 25.9. The van der Waals surface area contributed by atoms with Crippen molar-refractivity contribution in [1.29, 1.82) is 0 Å². The molecule has 0 aliphatic carbocycles. The van der Waals surface area contributed by atoms with Crippen molar-refractivity contribution in [2.75, 3.05) is 49.8 Å². The summed E-state index contributed by atoms with van der Waals surface area (Å²) in [5, 5.41) is 5.39. The molecule has 9 nitrogen and oxygen atoms in total. The van der Waals surface area contributed by atoms with Gasteiger partial charge < -0.3 is 20.3 Å². The number of hydrogen-bond acceptors (Lipinski definition) is 6. The number of hydrogen-bond donors (Lipinski definition) is 2. The van der Waals surface area contributed by atoms with E-state index in [4.69, 9.17) is 4.74 Å². The number of aryl methyl sites for hydroxylation is 2. The maximum atomic E-state index is 13.1. The molecule has 0 bridgehead atoms. The van der Waals surface area contributed by atoms with Crippen LogP contribution in [0.2, 0.25) is 0 Å². The zero-order chi connectivity index (χ0) is 22.9. The maximum Gasteiger partial charge on any atom is 0.262 e. The van der Waals surface area contributed by atoms with Crippen molar-refractivity contribution in [3.8, 4) is 5.75 Å². The largest absolute Gasteiger partial charge is 0.482 e. The summed E-state index contributed by atoms with van der Waals surface area (Å²) in [7, 11) is 1.20. The first-order chi connectivity index (χ1) is 14.5. The van der Waals surface area contributed by atoms with E-state index in [-0.39, 0.29) is 29.7 Å². The van der Waals surface area contributed by atoms with E-state index in [0.29, 0.717) is 16.9 Å². The van der Waals surface area contributed by atoms with Crippen molar-refractivity contribution in [3.63, 3.8) is 0 Å². The van der Waals surface area contributed by atoms with Crippen molar-refractivity contribution in [1.82, 2.24) is 4.31 Å². The second kappa shape index (κ2) is 8.56. The summed E-state index contributed by atoms with van der Waals surface area (Å²) >= 11 is 0. The van der Waals surface area contributed by atoms with E-state index in [9.17, 15) is 18.0 Å². The van der Waals surface area contributed by atoms with Gasteiger partial charge in [0.15, 0.2) is 6.61 Å². The molecule has 2 amide bonds. The quantitative estimate of drug-likeness (QED) is 0.702. The molecule has 0 saturated carbocycles. The van der Waals surface area contributed by atoms with Crippen LogP contribution in [-0.2, 0) is 19.6 Å². The fraction of sp³-hybridized carbons (Fsp3) is 0.333. The first kappa shape index (κ1) is 22.6. The lowest BCUT2D eigenvalue weighted by Gasteiger charge is -2.22. The van der Waals surface area contributed by atoms with Crippen LogP contribution < -0.4 is 20.3 Å². The summed E-state index contributed by atoms with van der Waals surface area (Å²) in [5.74, 6) is -0.485. The Kier molecular flexibility index (Phi) is 6.23. The molecule has 0 saturated heterocycles. The normalized spacial score (nSPS) is 13.3. The predicted octanol–water partition coefficient (Wildman–Crippen LogP) is 1.96. The van der Waals surface area contributed by atoms with Crippen LogP contribution in [0.1, 0.15) is 11.1 Å². The Morgan fingerprint density at radius 3 is 2.52 bits per heavy atom. The molecule has 31 heavy (non-hydrogen) atoms. The Morgan fingerprint density at radius 1 is 1.13 bits per heavy atom. The average Bonchev–Trinajstić information content (AvgIpc) is 2.68. The summed E-state index contributed by atoms with van der Waals surface area (Å²) in [6, 6.07) is 8.41. The number of likely N-dealkylation sites (N-methyl/N-ethyl adjacent to an activating group) is 1. The Bertz CT molecular complexity index is 1140. The van der Waals surface area contributed by atoms with Gasteiger partial charge in [0.1, 0.15) is 5.75 Å². The molecule has 0 radical (unpaired) electrons. The van der Waals surface area contributed by atoms with Crippen molar-refractivity contribution in [2.24, 2.45) is 0 Å². The minimum Gasteiger partial charge on any atom is -0.482 e. The molecule has 2 aromatic rings. The van der Waals surface area contributed by atoms with Crippen LogP contribution in [0, 0.1) is 13.8 Å². The lowest BCUT2D eigenvalue weighted by Crippen LogP contribution is -2.35. The summed E-state index contributed by atoms with van der Waals surface area (Å²) in [5.41, 5.74) is 3.45. The Balaban J connectivity index is 1.77. The molecule has 0 spiro atoms. The van der Waals surface area contributed by atoms with Crippen molar-refractivity contribution in [2.45, 2.75) is 18.7 Å². The highest BCUT2D eigenvalue weighted by atomic mass is 32.2. The van der Waals surface area contributed by atoms with E-state index < -0.39 is 15.9 Å². The van der Waals surface area contributed by atoms with Gasteiger partial charge in [0.25, 0.3) is 5.91 Å². The van der Waals surface area contributed by atoms with Crippen LogP contribution in [0.15, 0.2) is 35.2 Å². The second-order valence-corrected chi connectivity index (χ2v) is 9.67. The van der Waals surface area contributed by atoms with E-state index >= 15 is 0 Å². The standard InChI is InChI=1S/C21H26N4O5S/c1-13-6-7-15(9-17(13)24(3)4)22-20(26)11-25(5)31(28,29)19-10-18-16(8-14(19)2)23-21(27)12-30-18/h6-10H,11-12H2,1-5H3,(H,22,26)(H,23,27). The van der Waals surface area contributed by atoms with Gasteiger partial charge in [-0.2, -0.15) is 4.31 Å². The molecule has 0 unspecified atom stereocenters. The molecule has 1 aliphatic heterocycles. The molecule has 2 aromatic carbocycles. The number of nitrogens with one attached hydrogen (secondary N) is 2.